The van der Waals surface area contributed by atoms with Crippen LogP contribution in [0.3, 0.4) is 0 Å². The summed E-state index contributed by atoms with van der Waals surface area (Å²) in [5, 5.41) is 5.31. The molecule has 0 aliphatic carbocycles. The molecule has 0 bridgehead atoms. The molecule has 0 saturated carbocycles. The standard InChI is InChI=1S/C26H26N4O2/c1-18(27-25(31)21-11-10-19-6-2-3-7-20(19)16-21)17-29-14-12-22(13-15-29)30-24-9-5-4-8-23(24)28-26(30)32/h2-12,16,18H,13-15,17H2,1H3,(H,27,31)(H,28,32)/t18-/m1/s1. The lowest BCUT2D eigenvalue weighted by atomic mass is 10.1. The molecule has 1 aliphatic heterocycles. The Hall–Kier alpha value is -3.64. The fourth-order valence-electron chi connectivity index (χ4n) is 4.48. The molecule has 1 atom stereocenters. The number of imidazole rings is 1. The Balaban J connectivity index is 1.22. The number of para-hydroxylation sites is 2. The molecule has 3 aromatic carbocycles. The number of hydrogen-bond donors (Lipinski definition) is 2. The molecule has 4 aromatic rings. The van der Waals surface area contributed by atoms with Crippen LogP contribution in [-0.4, -0.2) is 46.0 Å². The van der Waals surface area contributed by atoms with Crippen molar-refractivity contribution in [3.63, 3.8) is 0 Å². The van der Waals surface area contributed by atoms with Gasteiger partial charge in [0.1, 0.15) is 0 Å². The number of benzene rings is 3. The minimum atomic E-state index is -0.0954. The molecule has 0 saturated heterocycles. The van der Waals surface area contributed by atoms with E-state index >= 15 is 0 Å². The number of aromatic amines is 1. The van der Waals surface area contributed by atoms with Gasteiger partial charge >= 0.3 is 5.69 Å². The number of nitrogens with zero attached hydrogens (tertiary/aromatic N) is 2. The molecular formula is C26H26N4O2. The monoisotopic (exact) mass is 426 g/mol. The van der Waals surface area contributed by atoms with Crippen LogP contribution in [-0.2, 0) is 0 Å². The first-order valence-corrected chi connectivity index (χ1v) is 11.0. The van der Waals surface area contributed by atoms with Gasteiger partial charge in [-0.15, -0.1) is 0 Å². The Morgan fingerprint density at radius 3 is 2.66 bits per heavy atom. The Labute approximate surface area is 186 Å². The highest BCUT2D eigenvalue weighted by Gasteiger charge is 2.19. The summed E-state index contributed by atoms with van der Waals surface area (Å²) >= 11 is 0. The van der Waals surface area contributed by atoms with Gasteiger partial charge in [0, 0.05) is 43.4 Å². The predicted octanol–water partition coefficient (Wildman–Crippen LogP) is 3.85. The highest BCUT2D eigenvalue weighted by atomic mass is 16.2. The summed E-state index contributed by atoms with van der Waals surface area (Å²) in [7, 11) is 0. The molecule has 0 fully saturated rings. The SMILES string of the molecule is C[C@H](CN1CC=C(n2c(=O)[nH]c3ccccc32)CC1)NC(=O)c1ccc2ccccc2c1. The van der Waals surface area contributed by atoms with Gasteiger partial charge in [-0.2, -0.15) is 0 Å². The number of aromatic nitrogens is 2. The van der Waals surface area contributed by atoms with Crippen LogP contribution in [0.25, 0.3) is 27.5 Å². The molecule has 5 rings (SSSR count). The zero-order valence-electron chi connectivity index (χ0n) is 18.0. The van der Waals surface area contributed by atoms with Crippen LogP contribution in [0.1, 0.15) is 23.7 Å². The summed E-state index contributed by atoms with van der Waals surface area (Å²) in [6.07, 6.45) is 2.90. The van der Waals surface area contributed by atoms with Crippen molar-refractivity contribution in [3.8, 4) is 0 Å². The summed E-state index contributed by atoms with van der Waals surface area (Å²) in [4.78, 5) is 30.4. The normalized spacial score (nSPS) is 15.6. The van der Waals surface area contributed by atoms with Crippen molar-refractivity contribution in [3.05, 3.63) is 88.9 Å². The fourth-order valence-corrected chi connectivity index (χ4v) is 4.48. The molecular weight excluding hydrogens is 400 g/mol. The first-order chi connectivity index (χ1) is 15.6. The zero-order valence-corrected chi connectivity index (χ0v) is 18.0. The molecule has 6 nitrogen and oxygen atoms in total. The summed E-state index contributed by atoms with van der Waals surface area (Å²) in [5.74, 6) is -0.0539. The van der Waals surface area contributed by atoms with E-state index in [1.165, 1.54) is 0 Å². The van der Waals surface area contributed by atoms with E-state index in [9.17, 15) is 9.59 Å². The van der Waals surface area contributed by atoms with Gasteiger partial charge in [-0.3, -0.25) is 14.3 Å². The maximum Gasteiger partial charge on any atom is 0.330 e. The van der Waals surface area contributed by atoms with Crippen LogP contribution < -0.4 is 11.0 Å². The summed E-state index contributed by atoms with van der Waals surface area (Å²) < 4.78 is 1.78. The second-order valence-corrected chi connectivity index (χ2v) is 8.42. The van der Waals surface area contributed by atoms with E-state index in [4.69, 9.17) is 0 Å². The minimum absolute atomic E-state index is 0.0136. The molecule has 0 radical (unpaired) electrons. The number of rotatable bonds is 5. The molecule has 2 heterocycles. The molecule has 1 amide bonds. The average molecular weight is 427 g/mol. The third-order valence-electron chi connectivity index (χ3n) is 6.07. The first-order valence-electron chi connectivity index (χ1n) is 11.0. The predicted molar refractivity (Wildman–Crippen MR) is 129 cm³/mol. The number of carbonyl (C=O) groups excluding carboxylic acids is 1. The van der Waals surface area contributed by atoms with Crippen LogP contribution in [0.2, 0.25) is 0 Å². The molecule has 32 heavy (non-hydrogen) atoms. The van der Waals surface area contributed by atoms with E-state index in [1.54, 1.807) is 4.57 Å². The second-order valence-electron chi connectivity index (χ2n) is 8.42. The maximum atomic E-state index is 12.7. The average Bonchev–Trinajstić information content (AvgIpc) is 3.15. The molecule has 1 aliphatic rings. The lowest BCUT2D eigenvalue weighted by Gasteiger charge is -2.29. The quantitative estimate of drug-likeness (QED) is 0.509. The molecule has 0 spiro atoms. The number of amides is 1. The molecule has 6 heteroatoms. The van der Waals surface area contributed by atoms with Crippen molar-refractivity contribution in [2.45, 2.75) is 19.4 Å². The summed E-state index contributed by atoms with van der Waals surface area (Å²) in [6, 6.07) is 21.6. The van der Waals surface area contributed by atoms with E-state index in [-0.39, 0.29) is 17.6 Å². The lowest BCUT2D eigenvalue weighted by Crippen LogP contribution is -2.43. The number of H-pyrrole nitrogens is 1. The second kappa shape index (κ2) is 8.48. The molecule has 0 unspecified atom stereocenters. The van der Waals surface area contributed by atoms with Crippen LogP contribution in [0, 0.1) is 0 Å². The number of nitrogens with one attached hydrogen (secondary N) is 2. The van der Waals surface area contributed by atoms with Gasteiger partial charge in [0.2, 0.25) is 0 Å². The maximum absolute atomic E-state index is 12.7. The third-order valence-corrected chi connectivity index (χ3v) is 6.07. The van der Waals surface area contributed by atoms with Gasteiger partial charge in [0.25, 0.3) is 5.91 Å². The topological polar surface area (TPSA) is 70.1 Å². The Kier molecular flexibility index (Phi) is 5.37. The van der Waals surface area contributed by atoms with Gasteiger partial charge in [-0.05, 0) is 42.0 Å². The zero-order chi connectivity index (χ0) is 22.1. The van der Waals surface area contributed by atoms with E-state index in [2.05, 4.69) is 21.3 Å². The number of carbonyl (C=O) groups is 1. The van der Waals surface area contributed by atoms with E-state index in [0.717, 1.165) is 53.6 Å². The Morgan fingerprint density at radius 2 is 1.84 bits per heavy atom. The molecule has 1 aromatic heterocycles. The van der Waals surface area contributed by atoms with Crippen LogP contribution >= 0.6 is 0 Å². The van der Waals surface area contributed by atoms with Crippen LogP contribution in [0.5, 0.6) is 0 Å². The van der Waals surface area contributed by atoms with Gasteiger partial charge in [0.15, 0.2) is 0 Å². The number of hydrogen-bond acceptors (Lipinski definition) is 3. The fraction of sp³-hybridized carbons (Fsp3) is 0.231. The summed E-state index contributed by atoms with van der Waals surface area (Å²) in [5.41, 5.74) is 3.37. The Morgan fingerprint density at radius 1 is 1.06 bits per heavy atom. The van der Waals surface area contributed by atoms with Crippen molar-refractivity contribution in [1.29, 1.82) is 0 Å². The summed E-state index contributed by atoms with van der Waals surface area (Å²) in [6.45, 7) is 4.37. The van der Waals surface area contributed by atoms with Gasteiger partial charge in [-0.25, -0.2) is 4.79 Å². The lowest BCUT2D eigenvalue weighted by molar-refractivity contribution is 0.0930. The third kappa shape index (κ3) is 3.97. The minimum Gasteiger partial charge on any atom is -0.348 e. The molecule has 2 N–H and O–H groups in total. The first kappa shape index (κ1) is 20.3. The van der Waals surface area contributed by atoms with Crippen molar-refractivity contribution in [2.24, 2.45) is 0 Å². The van der Waals surface area contributed by atoms with Crippen LogP contribution in [0.15, 0.2) is 77.6 Å². The largest absolute Gasteiger partial charge is 0.348 e. The van der Waals surface area contributed by atoms with Crippen molar-refractivity contribution < 1.29 is 4.79 Å². The highest BCUT2D eigenvalue weighted by Crippen LogP contribution is 2.20. The van der Waals surface area contributed by atoms with Gasteiger partial charge < -0.3 is 10.3 Å². The van der Waals surface area contributed by atoms with Crippen molar-refractivity contribution in [1.82, 2.24) is 19.8 Å². The highest BCUT2D eigenvalue weighted by molar-refractivity contribution is 5.98. The van der Waals surface area contributed by atoms with E-state index in [0.29, 0.717) is 5.56 Å². The van der Waals surface area contributed by atoms with Crippen molar-refractivity contribution >= 4 is 33.4 Å². The van der Waals surface area contributed by atoms with Crippen LogP contribution in [0.4, 0.5) is 0 Å². The van der Waals surface area contributed by atoms with Crippen molar-refractivity contribution in [2.75, 3.05) is 19.6 Å². The van der Waals surface area contributed by atoms with E-state index in [1.807, 2.05) is 73.7 Å². The molecule has 162 valence electrons. The Bertz CT molecular complexity index is 1380. The number of fused-ring (bicyclic) bond motifs is 2. The van der Waals surface area contributed by atoms with E-state index < -0.39 is 0 Å². The smallest absolute Gasteiger partial charge is 0.330 e. The van der Waals surface area contributed by atoms with Gasteiger partial charge in [-0.1, -0.05) is 48.5 Å². The van der Waals surface area contributed by atoms with Gasteiger partial charge in [0.05, 0.1) is 11.0 Å².